The molecule has 23 heavy (non-hydrogen) atoms. The topological polar surface area (TPSA) is 58.9 Å². The van der Waals surface area contributed by atoms with Crippen LogP contribution >= 0.6 is 11.3 Å². The molecule has 0 aliphatic heterocycles. The van der Waals surface area contributed by atoms with Crippen molar-refractivity contribution in [1.82, 2.24) is 4.98 Å². The molecule has 0 spiro atoms. The zero-order valence-corrected chi connectivity index (χ0v) is 13.5. The summed E-state index contributed by atoms with van der Waals surface area (Å²) in [4.78, 5) is 16.7. The molecule has 3 N–H and O–H groups in total. The van der Waals surface area contributed by atoms with Gasteiger partial charge < -0.3 is 10.7 Å². The fourth-order valence-corrected chi connectivity index (χ4v) is 4.05. The minimum absolute atomic E-state index is 0.390. The van der Waals surface area contributed by atoms with Gasteiger partial charge in [0.25, 0.3) is 0 Å². The van der Waals surface area contributed by atoms with Crippen LogP contribution in [0.5, 0.6) is 0 Å². The van der Waals surface area contributed by atoms with Crippen LogP contribution in [0.15, 0.2) is 47.8 Å². The Balaban J connectivity index is 2.01. The van der Waals surface area contributed by atoms with Gasteiger partial charge in [-0.05, 0) is 41.6 Å². The number of para-hydroxylation sites is 1. The van der Waals surface area contributed by atoms with E-state index in [0.717, 1.165) is 28.2 Å². The summed E-state index contributed by atoms with van der Waals surface area (Å²) in [5.74, 6) is -0.390. The molecule has 4 aromatic rings. The van der Waals surface area contributed by atoms with Gasteiger partial charge in [-0.2, -0.15) is 0 Å². The van der Waals surface area contributed by atoms with Gasteiger partial charge in [-0.3, -0.25) is 4.79 Å². The van der Waals surface area contributed by atoms with E-state index < -0.39 is 5.91 Å². The minimum Gasteiger partial charge on any atom is -0.366 e. The Morgan fingerprint density at radius 3 is 2.74 bits per heavy atom. The van der Waals surface area contributed by atoms with Crippen LogP contribution in [-0.4, -0.2) is 10.9 Å². The number of carbonyl (C=O) groups is 1. The quantitative estimate of drug-likeness (QED) is 0.578. The highest BCUT2D eigenvalue weighted by atomic mass is 32.1. The molecule has 0 aliphatic rings. The van der Waals surface area contributed by atoms with Crippen LogP contribution in [0.3, 0.4) is 0 Å². The highest BCUT2D eigenvalue weighted by Crippen LogP contribution is 2.32. The molecule has 0 radical (unpaired) electrons. The standard InChI is InChI=1S/C19H16N2OS/c1-11-8-9-23-16(11)10-12-6-7-14(19(20)22)17-13-4-2-3-5-15(13)21-18(12)17/h2-9,21H,10H2,1H3,(H2,20,22). The number of nitrogens with one attached hydrogen (secondary N) is 1. The lowest BCUT2D eigenvalue weighted by molar-refractivity contribution is 0.100. The van der Waals surface area contributed by atoms with Gasteiger partial charge >= 0.3 is 0 Å². The van der Waals surface area contributed by atoms with Gasteiger partial charge in [0.15, 0.2) is 0 Å². The zero-order valence-electron chi connectivity index (χ0n) is 12.7. The number of hydrogen-bond acceptors (Lipinski definition) is 2. The van der Waals surface area contributed by atoms with Crippen molar-refractivity contribution in [1.29, 1.82) is 0 Å². The lowest BCUT2D eigenvalue weighted by Crippen LogP contribution is -2.11. The van der Waals surface area contributed by atoms with E-state index in [1.807, 2.05) is 36.4 Å². The van der Waals surface area contributed by atoms with Gasteiger partial charge in [0, 0.05) is 33.2 Å². The summed E-state index contributed by atoms with van der Waals surface area (Å²) in [5.41, 5.74) is 10.7. The fourth-order valence-electron chi connectivity index (χ4n) is 3.12. The first kappa shape index (κ1) is 14.0. The number of aromatic amines is 1. The second kappa shape index (κ2) is 5.25. The van der Waals surface area contributed by atoms with Crippen molar-refractivity contribution in [3.63, 3.8) is 0 Å². The third kappa shape index (κ3) is 2.23. The van der Waals surface area contributed by atoms with Crippen LogP contribution in [0.1, 0.15) is 26.4 Å². The number of H-pyrrole nitrogens is 1. The van der Waals surface area contributed by atoms with Gasteiger partial charge in [-0.25, -0.2) is 0 Å². The lowest BCUT2D eigenvalue weighted by atomic mass is 10.00. The van der Waals surface area contributed by atoms with Gasteiger partial charge in [0.2, 0.25) is 5.91 Å². The number of amides is 1. The molecule has 0 bridgehead atoms. The van der Waals surface area contributed by atoms with E-state index in [-0.39, 0.29) is 0 Å². The molecular formula is C19H16N2OS. The number of benzene rings is 2. The first-order valence-electron chi connectivity index (χ1n) is 7.50. The summed E-state index contributed by atoms with van der Waals surface area (Å²) in [5, 5.41) is 4.09. The number of nitrogens with two attached hydrogens (primary N) is 1. The van der Waals surface area contributed by atoms with Crippen molar-refractivity contribution in [3.8, 4) is 0 Å². The molecule has 2 aromatic heterocycles. The highest BCUT2D eigenvalue weighted by molar-refractivity contribution is 7.10. The Bertz CT molecular complexity index is 1040. The molecule has 0 atom stereocenters. The molecule has 0 unspecified atom stereocenters. The molecule has 0 fully saturated rings. The fraction of sp³-hybridized carbons (Fsp3) is 0.105. The second-order valence-electron chi connectivity index (χ2n) is 5.76. The summed E-state index contributed by atoms with van der Waals surface area (Å²) < 4.78 is 0. The third-order valence-electron chi connectivity index (χ3n) is 4.33. The van der Waals surface area contributed by atoms with Gasteiger partial charge in [0.1, 0.15) is 0 Å². The summed E-state index contributed by atoms with van der Waals surface area (Å²) in [7, 11) is 0. The summed E-state index contributed by atoms with van der Waals surface area (Å²) >= 11 is 1.76. The maximum Gasteiger partial charge on any atom is 0.249 e. The molecule has 4 rings (SSSR count). The SMILES string of the molecule is Cc1ccsc1Cc1ccc(C(N)=O)c2c1[nH]c1ccccc12. The Hall–Kier alpha value is -2.59. The first-order chi connectivity index (χ1) is 11.1. The largest absolute Gasteiger partial charge is 0.366 e. The van der Waals surface area contributed by atoms with Crippen LogP contribution in [0.25, 0.3) is 21.8 Å². The van der Waals surface area contributed by atoms with E-state index in [2.05, 4.69) is 23.4 Å². The van der Waals surface area contributed by atoms with Crippen molar-refractivity contribution in [3.05, 3.63) is 69.4 Å². The van der Waals surface area contributed by atoms with E-state index in [1.54, 1.807) is 11.3 Å². The number of thiophene rings is 1. The first-order valence-corrected chi connectivity index (χ1v) is 8.38. The molecule has 0 saturated carbocycles. The van der Waals surface area contributed by atoms with E-state index in [4.69, 9.17) is 5.73 Å². The number of aromatic nitrogens is 1. The average molecular weight is 320 g/mol. The predicted molar refractivity (Wildman–Crippen MR) is 96.2 cm³/mol. The molecule has 1 amide bonds. The van der Waals surface area contributed by atoms with Crippen molar-refractivity contribution >= 4 is 39.0 Å². The Labute approximate surface area is 137 Å². The van der Waals surface area contributed by atoms with Crippen molar-refractivity contribution in [2.24, 2.45) is 5.73 Å². The second-order valence-corrected chi connectivity index (χ2v) is 6.76. The summed E-state index contributed by atoms with van der Waals surface area (Å²) in [6, 6.07) is 14.0. The van der Waals surface area contributed by atoms with Crippen LogP contribution < -0.4 is 5.73 Å². The Morgan fingerprint density at radius 2 is 2.00 bits per heavy atom. The Morgan fingerprint density at radius 1 is 1.17 bits per heavy atom. The number of carbonyl (C=O) groups excluding carboxylic acids is 1. The molecule has 3 nitrogen and oxygen atoms in total. The number of primary amides is 1. The maximum absolute atomic E-state index is 11.8. The molecule has 2 heterocycles. The third-order valence-corrected chi connectivity index (χ3v) is 5.36. The van der Waals surface area contributed by atoms with E-state index >= 15 is 0 Å². The van der Waals surface area contributed by atoms with Crippen molar-refractivity contribution in [2.45, 2.75) is 13.3 Å². The highest BCUT2D eigenvalue weighted by Gasteiger charge is 2.16. The number of hydrogen-bond donors (Lipinski definition) is 2. The molecule has 4 heteroatoms. The van der Waals surface area contributed by atoms with Crippen molar-refractivity contribution < 1.29 is 4.79 Å². The van der Waals surface area contributed by atoms with Crippen LogP contribution in [0, 0.1) is 6.92 Å². The van der Waals surface area contributed by atoms with Crippen molar-refractivity contribution in [2.75, 3.05) is 0 Å². The summed E-state index contributed by atoms with van der Waals surface area (Å²) in [6.45, 7) is 2.13. The Kier molecular flexibility index (Phi) is 3.20. The van der Waals surface area contributed by atoms with E-state index in [1.165, 1.54) is 16.0 Å². The van der Waals surface area contributed by atoms with Gasteiger partial charge in [-0.1, -0.05) is 24.3 Å². The normalized spacial score (nSPS) is 11.3. The van der Waals surface area contributed by atoms with Gasteiger partial charge in [-0.15, -0.1) is 11.3 Å². The average Bonchev–Trinajstić information content (AvgIpc) is 3.12. The van der Waals surface area contributed by atoms with Crippen LogP contribution in [0.4, 0.5) is 0 Å². The zero-order chi connectivity index (χ0) is 16.0. The van der Waals surface area contributed by atoms with Gasteiger partial charge in [0.05, 0.1) is 5.52 Å². The minimum atomic E-state index is -0.390. The molecular weight excluding hydrogens is 304 g/mol. The van der Waals surface area contributed by atoms with E-state index in [0.29, 0.717) is 5.56 Å². The number of aryl methyl sites for hydroxylation is 1. The molecule has 0 saturated heterocycles. The maximum atomic E-state index is 11.8. The molecule has 0 aliphatic carbocycles. The molecule has 2 aromatic carbocycles. The number of rotatable bonds is 3. The molecule has 114 valence electrons. The van der Waals surface area contributed by atoms with Crippen LogP contribution in [-0.2, 0) is 6.42 Å². The smallest absolute Gasteiger partial charge is 0.249 e. The van der Waals surface area contributed by atoms with E-state index in [9.17, 15) is 4.79 Å². The predicted octanol–water partition coefficient (Wildman–Crippen LogP) is 4.38. The van der Waals surface area contributed by atoms with Crippen LogP contribution in [0.2, 0.25) is 0 Å². The monoisotopic (exact) mass is 320 g/mol. The lowest BCUT2D eigenvalue weighted by Gasteiger charge is -2.06. The number of fused-ring (bicyclic) bond motifs is 3. The summed E-state index contributed by atoms with van der Waals surface area (Å²) in [6.07, 6.45) is 0.853.